The number of hydrogen-bond acceptors (Lipinski definition) is 4. The fraction of sp³-hybridized carbons (Fsp3) is 0.650. The molecule has 1 aliphatic rings. The molecule has 0 aliphatic carbocycles. The fourth-order valence-electron chi connectivity index (χ4n) is 3.01. The number of piperidine rings is 1. The van der Waals surface area contributed by atoms with Crippen molar-refractivity contribution in [2.75, 3.05) is 52.9 Å². The Morgan fingerprint density at radius 2 is 2.00 bits per heavy atom. The number of aliphatic imine (C=N–C) groups is 1. The molecule has 1 aromatic rings. The zero-order valence-electron chi connectivity index (χ0n) is 16.6. The maximum Gasteiger partial charge on any atom is 0.193 e. The van der Waals surface area contributed by atoms with Gasteiger partial charge in [0.1, 0.15) is 12.4 Å². The van der Waals surface area contributed by atoms with E-state index in [1.54, 1.807) is 0 Å². The summed E-state index contributed by atoms with van der Waals surface area (Å²) < 4.78 is 5.77. The minimum atomic E-state index is -0.101. The van der Waals surface area contributed by atoms with Gasteiger partial charge in [-0.05, 0) is 44.9 Å². The number of ether oxygens (including phenoxy) is 1. The van der Waals surface area contributed by atoms with Gasteiger partial charge in [-0.25, -0.2) is 0 Å². The van der Waals surface area contributed by atoms with E-state index in [0.29, 0.717) is 6.61 Å². The number of para-hydroxylation sites is 1. The first-order chi connectivity index (χ1) is 12.7. The normalized spacial score (nSPS) is 15.9. The molecule has 0 bridgehead atoms. The van der Waals surface area contributed by atoms with Gasteiger partial charge in [-0.15, -0.1) is 24.0 Å². The Morgan fingerprint density at radius 3 is 2.67 bits per heavy atom. The number of halogens is 1. The summed E-state index contributed by atoms with van der Waals surface area (Å²) in [4.78, 5) is 9.28. The molecule has 0 atom stereocenters. The van der Waals surface area contributed by atoms with Crippen molar-refractivity contribution in [3.05, 3.63) is 30.3 Å². The molecule has 1 heterocycles. The molecule has 0 saturated carbocycles. The number of hydrogen-bond donors (Lipinski definition) is 2. The van der Waals surface area contributed by atoms with Gasteiger partial charge in [0.25, 0.3) is 0 Å². The van der Waals surface area contributed by atoms with Gasteiger partial charge in [0, 0.05) is 33.2 Å². The number of nitrogens with zero attached hydrogens (tertiary/aromatic N) is 3. The molecular formula is C20H35IN4O2. The largest absolute Gasteiger partial charge is 0.492 e. The van der Waals surface area contributed by atoms with Gasteiger partial charge < -0.3 is 25.0 Å². The lowest BCUT2D eigenvalue weighted by atomic mass is 10.1. The van der Waals surface area contributed by atoms with Crippen molar-refractivity contribution in [1.29, 1.82) is 0 Å². The average molecular weight is 490 g/mol. The van der Waals surface area contributed by atoms with Crippen molar-refractivity contribution >= 4 is 29.9 Å². The van der Waals surface area contributed by atoms with E-state index in [2.05, 4.69) is 22.0 Å². The Labute approximate surface area is 181 Å². The molecule has 0 unspecified atom stereocenters. The highest BCUT2D eigenvalue weighted by atomic mass is 127. The monoisotopic (exact) mass is 490 g/mol. The van der Waals surface area contributed by atoms with Crippen LogP contribution in [0.15, 0.2) is 35.3 Å². The maximum atomic E-state index is 9.56. The molecule has 1 saturated heterocycles. The first-order valence-corrected chi connectivity index (χ1v) is 9.76. The second-order valence-electron chi connectivity index (χ2n) is 6.75. The first kappa shape index (κ1) is 24.0. The minimum absolute atomic E-state index is 0. The Bertz CT molecular complexity index is 522. The highest BCUT2D eigenvalue weighted by Gasteiger charge is 2.16. The summed E-state index contributed by atoms with van der Waals surface area (Å²) in [6.07, 6.45) is 2.74. The number of nitrogens with one attached hydrogen (secondary N) is 1. The predicted octanol–water partition coefficient (Wildman–Crippen LogP) is 2.43. The molecule has 0 aromatic heterocycles. The van der Waals surface area contributed by atoms with Gasteiger partial charge in [0.2, 0.25) is 0 Å². The van der Waals surface area contributed by atoms with E-state index < -0.39 is 0 Å². The van der Waals surface area contributed by atoms with Crippen LogP contribution >= 0.6 is 24.0 Å². The standard InChI is InChI=1S/C20H34N4O2.HI/c1-3-21-20(22-12-7-13-24-14-10-18(25)11-15-24)23(2)16-17-26-19-8-5-4-6-9-19;/h4-6,8-9,18,25H,3,7,10-17H2,1-2H3,(H,21,22);1H. The first-order valence-electron chi connectivity index (χ1n) is 9.76. The minimum Gasteiger partial charge on any atom is -0.492 e. The Balaban J connectivity index is 0.00000364. The molecular weight excluding hydrogens is 455 g/mol. The van der Waals surface area contributed by atoms with Crippen molar-refractivity contribution in [3.63, 3.8) is 0 Å². The Kier molecular flexibility index (Phi) is 12.4. The third-order valence-corrected chi connectivity index (χ3v) is 4.59. The van der Waals surface area contributed by atoms with Crippen molar-refractivity contribution in [3.8, 4) is 5.75 Å². The lowest BCUT2D eigenvalue weighted by molar-refractivity contribution is 0.0824. The van der Waals surface area contributed by atoms with Crippen molar-refractivity contribution in [2.24, 2.45) is 4.99 Å². The number of guanidine groups is 1. The number of aliphatic hydroxyl groups is 1. The van der Waals surface area contributed by atoms with E-state index in [9.17, 15) is 5.11 Å². The second-order valence-corrected chi connectivity index (χ2v) is 6.75. The number of likely N-dealkylation sites (tertiary alicyclic amines) is 1. The maximum absolute atomic E-state index is 9.56. The van der Waals surface area contributed by atoms with Crippen LogP contribution in [0.3, 0.4) is 0 Å². The number of benzene rings is 1. The molecule has 0 radical (unpaired) electrons. The molecule has 1 aromatic carbocycles. The van der Waals surface area contributed by atoms with E-state index in [0.717, 1.165) is 70.2 Å². The Hall–Kier alpha value is -1.06. The molecule has 6 nitrogen and oxygen atoms in total. The third kappa shape index (κ3) is 9.62. The van der Waals surface area contributed by atoms with Crippen LogP contribution in [0.1, 0.15) is 26.2 Å². The van der Waals surface area contributed by atoms with Crippen LogP contribution in [0.25, 0.3) is 0 Å². The van der Waals surface area contributed by atoms with E-state index >= 15 is 0 Å². The molecule has 27 heavy (non-hydrogen) atoms. The lowest BCUT2D eigenvalue weighted by Crippen LogP contribution is -2.41. The predicted molar refractivity (Wildman–Crippen MR) is 122 cm³/mol. The topological polar surface area (TPSA) is 60.3 Å². The van der Waals surface area contributed by atoms with Gasteiger partial charge in [-0.2, -0.15) is 0 Å². The van der Waals surface area contributed by atoms with Crippen LogP contribution in [-0.4, -0.2) is 79.9 Å². The second kappa shape index (κ2) is 14.0. The molecule has 0 spiro atoms. The molecule has 1 fully saturated rings. The Morgan fingerprint density at radius 1 is 1.30 bits per heavy atom. The summed E-state index contributed by atoms with van der Waals surface area (Å²) in [5.74, 6) is 1.83. The fourth-order valence-corrected chi connectivity index (χ4v) is 3.01. The van der Waals surface area contributed by atoms with Crippen molar-refractivity contribution in [2.45, 2.75) is 32.3 Å². The van der Waals surface area contributed by atoms with Gasteiger partial charge in [0.05, 0.1) is 12.6 Å². The summed E-state index contributed by atoms with van der Waals surface area (Å²) in [6.45, 7) is 8.21. The van der Waals surface area contributed by atoms with Crippen molar-refractivity contribution < 1.29 is 9.84 Å². The molecule has 154 valence electrons. The van der Waals surface area contributed by atoms with Gasteiger partial charge >= 0.3 is 0 Å². The van der Waals surface area contributed by atoms with Crippen LogP contribution in [0, 0.1) is 0 Å². The lowest BCUT2D eigenvalue weighted by Gasteiger charge is -2.29. The third-order valence-electron chi connectivity index (χ3n) is 4.59. The van der Waals surface area contributed by atoms with Crippen LogP contribution in [0.2, 0.25) is 0 Å². The molecule has 7 heteroatoms. The van der Waals surface area contributed by atoms with Gasteiger partial charge in [-0.3, -0.25) is 4.99 Å². The van der Waals surface area contributed by atoms with E-state index in [4.69, 9.17) is 9.73 Å². The van der Waals surface area contributed by atoms with Crippen LogP contribution < -0.4 is 10.1 Å². The number of aliphatic hydroxyl groups excluding tert-OH is 1. The number of rotatable bonds is 9. The summed E-state index contributed by atoms with van der Waals surface area (Å²) in [7, 11) is 2.04. The molecule has 1 aliphatic heterocycles. The van der Waals surface area contributed by atoms with E-state index in [1.807, 2.05) is 37.4 Å². The van der Waals surface area contributed by atoms with Crippen LogP contribution in [-0.2, 0) is 0 Å². The van der Waals surface area contributed by atoms with Crippen LogP contribution in [0.4, 0.5) is 0 Å². The zero-order valence-corrected chi connectivity index (χ0v) is 19.0. The summed E-state index contributed by atoms with van der Waals surface area (Å²) in [6, 6.07) is 9.89. The van der Waals surface area contributed by atoms with Gasteiger partial charge in [-0.1, -0.05) is 18.2 Å². The molecule has 0 amide bonds. The SMILES string of the molecule is CCNC(=NCCCN1CCC(O)CC1)N(C)CCOc1ccccc1.I. The van der Waals surface area contributed by atoms with E-state index in [1.165, 1.54) is 0 Å². The highest BCUT2D eigenvalue weighted by Crippen LogP contribution is 2.10. The average Bonchev–Trinajstić information content (AvgIpc) is 2.66. The smallest absolute Gasteiger partial charge is 0.193 e. The van der Waals surface area contributed by atoms with Gasteiger partial charge in [0.15, 0.2) is 5.96 Å². The van der Waals surface area contributed by atoms with Crippen molar-refractivity contribution in [1.82, 2.24) is 15.1 Å². The van der Waals surface area contributed by atoms with Crippen LogP contribution in [0.5, 0.6) is 5.75 Å². The summed E-state index contributed by atoms with van der Waals surface area (Å²) in [5.41, 5.74) is 0. The molecule has 2 rings (SSSR count). The summed E-state index contributed by atoms with van der Waals surface area (Å²) >= 11 is 0. The highest BCUT2D eigenvalue weighted by molar-refractivity contribution is 14.0. The number of likely N-dealkylation sites (N-methyl/N-ethyl adjacent to an activating group) is 1. The van der Waals surface area contributed by atoms with E-state index in [-0.39, 0.29) is 30.1 Å². The molecule has 2 N–H and O–H groups in total. The zero-order chi connectivity index (χ0) is 18.6. The summed E-state index contributed by atoms with van der Waals surface area (Å²) in [5, 5.41) is 12.9. The quantitative estimate of drug-likeness (QED) is 0.241.